The molecular formula is C27H27NO4S. The van der Waals surface area contributed by atoms with Gasteiger partial charge in [0.15, 0.2) is 11.5 Å². The van der Waals surface area contributed by atoms with Crippen LogP contribution in [0, 0.1) is 0 Å². The third-order valence-corrected chi connectivity index (χ3v) is 6.46. The first-order valence-corrected chi connectivity index (χ1v) is 12.0. The molecule has 33 heavy (non-hydrogen) atoms. The molecule has 1 heterocycles. The molecule has 0 aliphatic carbocycles. The van der Waals surface area contributed by atoms with Gasteiger partial charge in [-0.2, -0.15) is 0 Å². The monoisotopic (exact) mass is 461 g/mol. The van der Waals surface area contributed by atoms with Gasteiger partial charge in [0.2, 0.25) is 0 Å². The summed E-state index contributed by atoms with van der Waals surface area (Å²) in [5, 5.41) is 1.86. The number of carbonyl (C=O) groups excluding carboxylic acids is 2. The standard InChI is InChI=1S/C27H27NO4S/c1-4-18(3)32-23-14-13-19(15-24(23)31-5-2)16-25-26(29)28(27(30)33-25)17-21-11-8-10-20-9-6-7-12-22(20)21/h6-16,18H,4-5,17H2,1-3H3/b25-16+/t18-/m1/s1. The van der Waals surface area contributed by atoms with Gasteiger partial charge in [-0.3, -0.25) is 14.5 Å². The van der Waals surface area contributed by atoms with Crippen LogP contribution < -0.4 is 9.47 Å². The smallest absolute Gasteiger partial charge is 0.293 e. The number of hydrogen-bond donors (Lipinski definition) is 0. The second-order valence-electron chi connectivity index (χ2n) is 7.88. The molecular weight excluding hydrogens is 434 g/mol. The van der Waals surface area contributed by atoms with E-state index in [-0.39, 0.29) is 23.8 Å². The number of fused-ring (bicyclic) bond motifs is 1. The molecule has 4 rings (SSSR count). The summed E-state index contributed by atoms with van der Waals surface area (Å²) < 4.78 is 11.7. The van der Waals surface area contributed by atoms with Gasteiger partial charge in [0.1, 0.15) is 0 Å². The summed E-state index contributed by atoms with van der Waals surface area (Å²) in [4.78, 5) is 27.5. The lowest BCUT2D eigenvalue weighted by Gasteiger charge is -2.16. The Morgan fingerprint density at radius 3 is 2.58 bits per heavy atom. The molecule has 1 saturated heterocycles. The minimum Gasteiger partial charge on any atom is -0.490 e. The van der Waals surface area contributed by atoms with Crippen molar-refractivity contribution in [2.45, 2.75) is 39.8 Å². The van der Waals surface area contributed by atoms with Crippen molar-refractivity contribution < 1.29 is 19.1 Å². The molecule has 0 saturated carbocycles. The normalized spacial score (nSPS) is 16.0. The van der Waals surface area contributed by atoms with Crippen molar-refractivity contribution in [1.29, 1.82) is 0 Å². The number of carbonyl (C=O) groups is 2. The molecule has 0 radical (unpaired) electrons. The van der Waals surface area contributed by atoms with Gasteiger partial charge < -0.3 is 9.47 Å². The Bertz CT molecular complexity index is 1210. The fraction of sp³-hybridized carbons (Fsp3) is 0.259. The van der Waals surface area contributed by atoms with Gasteiger partial charge in [0.05, 0.1) is 24.2 Å². The first kappa shape index (κ1) is 22.9. The summed E-state index contributed by atoms with van der Waals surface area (Å²) in [5.74, 6) is 1.02. The van der Waals surface area contributed by atoms with Crippen LogP contribution in [-0.2, 0) is 11.3 Å². The van der Waals surface area contributed by atoms with E-state index in [2.05, 4.69) is 6.92 Å². The fourth-order valence-electron chi connectivity index (χ4n) is 3.67. The average molecular weight is 462 g/mol. The number of rotatable bonds is 8. The quantitative estimate of drug-likeness (QED) is 0.351. The molecule has 0 spiro atoms. The van der Waals surface area contributed by atoms with Crippen LogP contribution >= 0.6 is 11.8 Å². The van der Waals surface area contributed by atoms with Crippen LogP contribution in [0.25, 0.3) is 16.8 Å². The zero-order valence-electron chi connectivity index (χ0n) is 19.0. The highest BCUT2D eigenvalue weighted by Gasteiger charge is 2.35. The molecule has 5 nitrogen and oxygen atoms in total. The highest BCUT2D eigenvalue weighted by molar-refractivity contribution is 8.18. The van der Waals surface area contributed by atoms with E-state index < -0.39 is 0 Å². The van der Waals surface area contributed by atoms with Crippen molar-refractivity contribution in [3.63, 3.8) is 0 Å². The van der Waals surface area contributed by atoms with Crippen molar-refractivity contribution in [2.75, 3.05) is 6.61 Å². The van der Waals surface area contributed by atoms with E-state index in [4.69, 9.17) is 9.47 Å². The molecule has 3 aromatic rings. The predicted octanol–water partition coefficient (Wildman–Crippen LogP) is 6.65. The highest BCUT2D eigenvalue weighted by atomic mass is 32.2. The summed E-state index contributed by atoms with van der Waals surface area (Å²) >= 11 is 0.965. The van der Waals surface area contributed by atoms with Crippen molar-refractivity contribution in [1.82, 2.24) is 4.90 Å². The largest absolute Gasteiger partial charge is 0.490 e. The lowest BCUT2D eigenvalue weighted by atomic mass is 10.0. The van der Waals surface area contributed by atoms with Crippen molar-refractivity contribution in [3.8, 4) is 11.5 Å². The van der Waals surface area contributed by atoms with E-state index in [1.165, 1.54) is 4.90 Å². The summed E-state index contributed by atoms with van der Waals surface area (Å²) in [5.41, 5.74) is 1.73. The van der Waals surface area contributed by atoms with Gasteiger partial charge in [-0.1, -0.05) is 55.5 Å². The molecule has 2 amide bonds. The summed E-state index contributed by atoms with van der Waals surface area (Å²) in [6.45, 7) is 6.73. The predicted molar refractivity (Wildman–Crippen MR) is 133 cm³/mol. The van der Waals surface area contributed by atoms with E-state index in [0.717, 1.165) is 40.1 Å². The number of benzene rings is 3. The third-order valence-electron chi connectivity index (χ3n) is 5.55. The van der Waals surface area contributed by atoms with Crippen LogP contribution in [0.4, 0.5) is 4.79 Å². The number of ether oxygens (including phenoxy) is 2. The van der Waals surface area contributed by atoms with Crippen LogP contribution in [0.3, 0.4) is 0 Å². The Kier molecular flexibility index (Phi) is 7.04. The molecule has 0 bridgehead atoms. The number of imide groups is 1. The topological polar surface area (TPSA) is 55.8 Å². The molecule has 6 heteroatoms. The molecule has 3 aromatic carbocycles. The number of nitrogens with zero attached hydrogens (tertiary/aromatic N) is 1. The van der Waals surface area contributed by atoms with Crippen molar-refractivity contribution in [2.24, 2.45) is 0 Å². The number of hydrogen-bond acceptors (Lipinski definition) is 5. The lowest BCUT2D eigenvalue weighted by molar-refractivity contribution is -0.123. The van der Waals surface area contributed by atoms with Gasteiger partial charge in [-0.05, 0) is 72.1 Å². The SMILES string of the molecule is CCOc1cc(/C=C2/SC(=O)N(Cc3cccc4ccccc34)C2=O)ccc1O[C@H](C)CC. The number of thioether (sulfide) groups is 1. The Hall–Kier alpha value is -3.25. The minimum atomic E-state index is -0.282. The molecule has 1 aliphatic heterocycles. The second-order valence-corrected chi connectivity index (χ2v) is 8.88. The van der Waals surface area contributed by atoms with Crippen LogP contribution in [0.1, 0.15) is 38.3 Å². The van der Waals surface area contributed by atoms with Crippen LogP contribution in [0.2, 0.25) is 0 Å². The molecule has 1 fully saturated rings. The number of amides is 2. The van der Waals surface area contributed by atoms with Crippen molar-refractivity contribution >= 4 is 39.8 Å². The Balaban J connectivity index is 1.58. The summed E-state index contributed by atoms with van der Waals surface area (Å²) in [6, 6.07) is 19.5. The van der Waals surface area contributed by atoms with Gasteiger partial charge >= 0.3 is 0 Å². The highest BCUT2D eigenvalue weighted by Crippen LogP contribution is 2.36. The van der Waals surface area contributed by atoms with Gasteiger partial charge in [-0.25, -0.2) is 0 Å². The van der Waals surface area contributed by atoms with E-state index in [1.54, 1.807) is 6.08 Å². The molecule has 1 atom stereocenters. The minimum absolute atomic E-state index is 0.0700. The maximum Gasteiger partial charge on any atom is 0.293 e. The maximum absolute atomic E-state index is 13.1. The van der Waals surface area contributed by atoms with E-state index in [0.29, 0.717) is 23.0 Å². The average Bonchev–Trinajstić information content (AvgIpc) is 3.08. The zero-order chi connectivity index (χ0) is 23.4. The summed E-state index contributed by atoms with van der Waals surface area (Å²) in [6.07, 6.45) is 2.70. The van der Waals surface area contributed by atoms with Crippen molar-refractivity contribution in [3.05, 3.63) is 76.7 Å². The zero-order valence-corrected chi connectivity index (χ0v) is 19.9. The molecule has 0 unspecified atom stereocenters. The second kappa shape index (κ2) is 10.1. The molecule has 0 N–H and O–H groups in total. The lowest BCUT2D eigenvalue weighted by Crippen LogP contribution is -2.27. The molecule has 0 aromatic heterocycles. The first-order chi connectivity index (χ1) is 16.0. The van der Waals surface area contributed by atoms with E-state index in [9.17, 15) is 9.59 Å². The van der Waals surface area contributed by atoms with Gasteiger partial charge in [-0.15, -0.1) is 0 Å². The third kappa shape index (κ3) is 5.06. The molecule has 1 aliphatic rings. The van der Waals surface area contributed by atoms with Gasteiger partial charge in [0.25, 0.3) is 11.1 Å². The first-order valence-electron chi connectivity index (χ1n) is 11.2. The molecule has 170 valence electrons. The Morgan fingerprint density at radius 1 is 1.00 bits per heavy atom. The van der Waals surface area contributed by atoms with E-state index in [1.807, 2.05) is 74.5 Å². The maximum atomic E-state index is 13.1. The Labute approximate surface area is 198 Å². The Morgan fingerprint density at radius 2 is 1.79 bits per heavy atom. The van der Waals surface area contributed by atoms with E-state index >= 15 is 0 Å². The van der Waals surface area contributed by atoms with Crippen LogP contribution in [0.15, 0.2) is 65.6 Å². The van der Waals surface area contributed by atoms with Crippen LogP contribution in [-0.4, -0.2) is 28.8 Å². The summed E-state index contributed by atoms with van der Waals surface area (Å²) in [7, 11) is 0. The fourth-order valence-corrected chi connectivity index (χ4v) is 4.51. The van der Waals surface area contributed by atoms with Gasteiger partial charge in [0, 0.05) is 0 Å². The van der Waals surface area contributed by atoms with Crippen LogP contribution in [0.5, 0.6) is 11.5 Å².